The minimum atomic E-state index is -0.830. The zero-order chi connectivity index (χ0) is 26.6. The zero-order valence-electron chi connectivity index (χ0n) is 22.7. The third-order valence-corrected chi connectivity index (χ3v) is 9.23. The zero-order valence-corrected chi connectivity index (χ0v) is 22.7. The van der Waals surface area contributed by atoms with E-state index in [4.69, 9.17) is 0 Å². The Kier molecular flexibility index (Phi) is 8.41. The third-order valence-electron chi connectivity index (χ3n) is 9.23. The van der Waals surface area contributed by atoms with Crippen molar-refractivity contribution in [3.05, 3.63) is 95.3 Å². The summed E-state index contributed by atoms with van der Waals surface area (Å²) in [6.45, 7) is 3.92. The van der Waals surface area contributed by atoms with Crippen LogP contribution in [0.5, 0.6) is 0 Å². The van der Waals surface area contributed by atoms with Crippen molar-refractivity contribution in [3.8, 4) is 22.3 Å². The first-order valence-electron chi connectivity index (χ1n) is 14.5. The summed E-state index contributed by atoms with van der Waals surface area (Å²) in [5.41, 5.74) is 3.55. The predicted molar refractivity (Wildman–Crippen MR) is 152 cm³/mol. The summed E-state index contributed by atoms with van der Waals surface area (Å²) >= 11 is 0. The van der Waals surface area contributed by atoms with E-state index in [9.17, 15) is 8.78 Å². The van der Waals surface area contributed by atoms with Gasteiger partial charge >= 0.3 is 0 Å². The highest BCUT2D eigenvalue weighted by Crippen LogP contribution is 2.44. The summed E-state index contributed by atoms with van der Waals surface area (Å²) in [4.78, 5) is 0. The Morgan fingerprint density at radius 3 is 1.84 bits per heavy atom. The number of hydrogen-bond donors (Lipinski definition) is 0. The minimum Gasteiger partial charge on any atom is -0.206 e. The number of hydrogen-bond acceptors (Lipinski definition) is 0. The van der Waals surface area contributed by atoms with Gasteiger partial charge in [0.25, 0.3) is 0 Å². The number of benzene rings is 3. The summed E-state index contributed by atoms with van der Waals surface area (Å²) in [5.74, 6) is 1.07. The van der Waals surface area contributed by atoms with E-state index < -0.39 is 11.6 Å². The number of aryl methyl sites for hydroxylation is 1. The first-order valence-corrected chi connectivity index (χ1v) is 14.5. The molecule has 3 heteroatoms. The van der Waals surface area contributed by atoms with Crippen LogP contribution in [0.1, 0.15) is 82.3 Å². The van der Waals surface area contributed by atoms with Gasteiger partial charge < -0.3 is 0 Å². The summed E-state index contributed by atoms with van der Waals surface area (Å²) in [6.07, 6.45) is 15.2. The van der Waals surface area contributed by atoms with Gasteiger partial charge in [0.05, 0.1) is 0 Å². The Morgan fingerprint density at radius 2 is 1.26 bits per heavy atom. The fourth-order valence-corrected chi connectivity index (χ4v) is 6.94. The summed E-state index contributed by atoms with van der Waals surface area (Å²) < 4.78 is 44.1. The Balaban J connectivity index is 1.23. The lowest BCUT2D eigenvalue weighted by Crippen LogP contribution is -2.25. The van der Waals surface area contributed by atoms with Gasteiger partial charge in [-0.15, -0.1) is 0 Å². The van der Waals surface area contributed by atoms with E-state index >= 15 is 4.39 Å². The smallest absolute Gasteiger partial charge is 0.166 e. The van der Waals surface area contributed by atoms with Gasteiger partial charge in [-0.25, -0.2) is 13.2 Å². The molecule has 0 N–H and O–H groups in total. The van der Waals surface area contributed by atoms with Crippen molar-refractivity contribution in [3.63, 3.8) is 0 Å². The van der Waals surface area contributed by atoms with Gasteiger partial charge in [-0.3, -0.25) is 0 Å². The molecule has 0 atom stereocenters. The van der Waals surface area contributed by atoms with Crippen LogP contribution in [0.15, 0.2) is 66.7 Å². The maximum absolute atomic E-state index is 15.3. The van der Waals surface area contributed by atoms with Gasteiger partial charge in [-0.05, 0) is 117 Å². The second-order valence-corrected chi connectivity index (χ2v) is 11.4. The van der Waals surface area contributed by atoms with Crippen LogP contribution in [0.3, 0.4) is 0 Å². The second-order valence-electron chi connectivity index (χ2n) is 11.4. The average molecular weight is 517 g/mol. The van der Waals surface area contributed by atoms with Crippen LogP contribution >= 0.6 is 0 Å². The summed E-state index contributed by atoms with van der Waals surface area (Å²) in [5, 5.41) is 0. The molecule has 0 spiro atoms. The quantitative estimate of drug-likeness (QED) is 0.286. The Morgan fingerprint density at radius 1 is 0.684 bits per heavy atom. The van der Waals surface area contributed by atoms with E-state index in [0.717, 1.165) is 41.7 Å². The highest BCUT2D eigenvalue weighted by molar-refractivity contribution is 5.71. The standard InChI is InChI=1S/C35H39F3/c1-3-5-23-6-8-25(9-7-23)26-10-12-27(13-11-26)30-19-20-31(33(36)22-30)28-14-16-29(17-15-28)32-21-18-24(4-2)34(37)35(32)38/h3,5,14-23,25-27H,4,6-13H2,1-2H3. The molecule has 3 aromatic carbocycles. The van der Waals surface area contributed by atoms with Crippen LogP contribution in [-0.4, -0.2) is 0 Å². The molecule has 0 saturated heterocycles. The number of rotatable bonds is 6. The van der Waals surface area contributed by atoms with Crippen molar-refractivity contribution in [2.45, 2.75) is 77.6 Å². The van der Waals surface area contributed by atoms with Crippen LogP contribution in [-0.2, 0) is 6.42 Å². The molecule has 2 saturated carbocycles. The summed E-state index contributed by atoms with van der Waals surface area (Å²) in [7, 11) is 0. The lowest BCUT2D eigenvalue weighted by Gasteiger charge is -2.37. The molecule has 2 aliphatic rings. The lowest BCUT2D eigenvalue weighted by molar-refractivity contribution is 0.171. The van der Waals surface area contributed by atoms with E-state index in [-0.39, 0.29) is 11.4 Å². The molecular formula is C35H39F3. The summed E-state index contributed by atoms with van der Waals surface area (Å²) in [6, 6.07) is 16.0. The molecule has 3 aromatic rings. The van der Waals surface area contributed by atoms with Crippen molar-refractivity contribution in [1.82, 2.24) is 0 Å². The van der Waals surface area contributed by atoms with E-state index in [2.05, 4.69) is 25.1 Å². The largest absolute Gasteiger partial charge is 0.206 e. The molecule has 0 aromatic heterocycles. The molecule has 0 nitrogen and oxygen atoms in total. The predicted octanol–water partition coefficient (Wildman–Crippen LogP) is 10.7. The molecule has 0 aliphatic heterocycles. The minimum absolute atomic E-state index is 0.218. The first-order chi connectivity index (χ1) is 18.5. The maximum Gasteiger partial charge on any atom is 0.166 e. The van der Waals surface area contributed by atoms with Crippen molar-refractivity contribution < 1.29 is 13.2 Å². The van der Waals surface area contributed by atoms with Gasteiger partial charge in [0.2, 0.25) is 0 Å². The van der Waals surface area contributed by atoms with Crippen molar-refractivity contribution in [2.75, 3.05) is 0 Å². The fraction of sp³-hybridized carbons (Fsp3) is 0.429. The van der Waals surface area contributed by atoms with E-state index in [1.165, 1.54) is 38.5 Å². The van der Waals surface area contributed by atoms with Gasteiger partial charge in [0.15, 0.2) is 11.6 Å². The van der Waals surface area contributed by atoms with Crippen molar-refractivity contribution in [1.29, 1.82) is 0 Å². The molecule has 0 heterocycles. The van der Waals surface area contributed by atoms with Crippen molar-refractivity contribution >= 4 is 0 Å². The Labute approximate surface area is 226 Å². The van der Waals surface area contributed by atoms with Gasteiger partial charge in [0.1, 0.15) is 5.82 Å². The number of allylic oxidation sites excluding steroid dienone is 2. The molecule has 5 rings (SSSR count). The molecule has 2 aliphatic carbocycles. The second kappa shape index (κ2) is 11.9. The fourth-order valence-electron chi connectivity index (χ4n) is 6.94. The Bertz CT molecular complexity index is 1260. The SMILES string of the molecule is CC=CC1CCC(C2CCC(c3ccc(-c4ccc(-c5ccc(CC)c(F)c5F)cc4)c(F)c3)CC2)CC1. The van der Waals surface area contributed by atoms with E-state index in [1.54, 1.807) is 49.4 Å². The highest BCUT2D eigenvalue weighted by Gasteiger charge is 2.31. The maximum atomic E-state index is 15.3. The molecule has 38 heavy (non-hydrogen) atoms. The highest BCUT2D eigenvalue weighted by atomic mass is 19.2. The normalized spacial score (nSPS) is 24.1. The van der Waals surface area contributed by atoms with Crippen LogP contribution in [0.4, 0.5) is 13.2 Å². The Hall–Kier alpha value is -2.81. The van der Waals surface area contributed by atoms with Gasteiger partial charge in [-0.2, -0.15) is 0 Å². The topological polar surface area (TPSA) is 0 Å². The lowest BCUT2D eigenvalue weighted by atomic mass is 9.68. The van der Waals surface area contributed by atoms with Gasteiger partial charge in [0, 0.05) is 11.1 Å². The molecule has 0 bridgehead atoms. The van der Waals surface area contributed by atoms with Crippen LogP contribution in [0.25, 0.3) is 22.3 Å². The molecule has 2 fully saturated rings. The van der Waals surface area contributed by atoms with E-state index in [1.807, 2.05) is 6.07 Å². The third kappa shape index (κ3) is 5.63. The molecule has 0 amide bonds. The number of halogens is 3. The van der Waals surface area contributed by atoms with Crippen LogP contribution < -0.4 is 0 Å². The van der Waals surface area contributed by atoms with Crippen LogP contribution in [0.2, 0.25) is 0 Å². The van der Waals surface area contributed by atoms with E-state index in [0.29, 0.717) is 29.0 Å². The molecule has 0 unspecified atom stereocenters. The average Bonchev–Trinajstić information content (AvgIpc) is 2.95. The molecular weight excluding hydrogens is 477 g/mol. The van der Waals surface area contributed by atoms with Crippen molar-refractivity contribution in [2.24, 2.45) is 17.8 Å². The van der Waals surface area contributed by atoms with Gasteiger partial charge in [-0.1, -0.05) is 67.6 Å². The molecule has 0 radical (unpaired) electrons. The first kappa shape index (κ1) is 26.8. The monoisotopic (exact) mass is 516 g/mol. The molecule has 200 valence electrons. The van der Waals surface area contributed by atoms with Crippen LogP contribution in [0, 0.1) is 35.2 Å².